The molecule has 2 aliphatic carbocycles. The zero-order valence-corrected chi connectivity index (χ0v) is 11.9. The summed E-state index contributed by atoms with van der Waals surface area (Å²) < 4.78 is 0. The topological polar surface area (TPSA) is 0 Å². The van der Waals surface area contributed by atoms with Crippen LogP contribution in [-0.2, 0) is 0 Å². The molecule has 17 heavy (non-hydrogen) atoms. The van der Waals surface area contributed by atoms with Crippen molar-refractivity contribution < 1.29 is 0 Å². The molecule has 2 aliphatic rings. The lowest BCUT2D eigenvalue weighted by Crippen LogP contribution is -2.23. The number of hydrogen-bond acceptors (Lipinski definition) is 0. The SMILES string of the molecule is CC([C]C(C)C1CCCCC1)C1CCCCC1. The van der Waals surface area contributed by atoms with E-state index in [0.29, 0.717) is 0 Å². The Hall–Kier alpha value is 0. The normalized spacial score (nSPS) is 27.9. The molecular weight excluding hydrogens is 204 g/mol. The second kappa shape index (κ2) is 6.81. The molecule has 2 saturated carbocycles. The maximum absolute atomic E-state index is 3.92. The lowest BCUT2D eigenvalue weighted by atomic mass is 9.72. The van der Waals surface area contributed by atoms with Gasteiger partial charge >= 0.3 is 0 Å². The Morgan fingerprint density at radius 3 is 1.35 bits per heavy atom. The van der Waals surface area contributed by atoms with Gasteiger partial charge in [0.05, 0.1) is 0 Å². The zero-order chi connectivity index (χ0) is 12.1. The average Bonchev–Trinajstić information content (AvgIpc) is 2.40. The monoisotopic (exact) mass is 234 g/mol. The van der Waals surface area contributed by atoms with Crippen LogP contribution in [0.3, 0.4) is 0 Å². The predicted molar refractivity (Wildman–Crippen MR) is 74.7 cm³/mol. The zero-order valence-electron chi connectivity index (χ0n) is 11.9. The van der Waals surface area contributed by atoms with Crippen LogP contribution in [-0.4, -0.2) is 0 Å². The summed E-state index contributed by atoms with van der Waals surface area (Å²) in [5.41, 5.74) is 0. The van der Waals surface area contributed by atoms with E-state index in [4.69, 9.17) is 0 Å². The van der Waals surface area contributed by atoms with Gasteiger partial charge in [0.1, 0.15) is 0 Å². The summed E-state index contributed by atoms with van der Waals surface area (Å²) >= 11 is 0. The van der Waals surface area contributed by atoms with Crippen LogP contribution in [0.25, 0.3) is 0 Å². The molecule has 0 aromatic carbocycles. The van der Waals surface area contributed by atoms with Gasteiger partial charge in [-0.3, -0.25) is 0 Å². The highest BCUT2D eigenvalue weighted by atomic mass is 14.3. The first-order valence-electron chi connectivity index (χ1n) is 8.03. The summed E-state index contributed by atoms with van der Waals surface area (Å²) in [7, 11) is 0. The van der Waals surface area contributed by atoms with Gasteiger partial charge in [0, 0.05) is 0 Å². The number of rotatable bonds is 4. The van der Waals surface area contributed by atoms with Crippen LogP contribution in [0, 0.1) is 30.1 Å². The Morgan fingerprint density at radius 2 is 1.00 bits per heavy atom. The predicted octanol–water partition coefficient (Wildman–Crippen LogP) is 5.50. The average molecular weight is 234 g/mol. The summed E-state index contributed by atoms with van der Waals surface area (Å²) in [6.45, 7) is 4.85. The largest absolute Gasteiger partial charge is 0.0617 e. The van der Waals surface area contributed by atoms with Crippen molar-refractivity contribution in [1.82, 2.24) is 0 Å². The van der Waals surface area contributed by atoms with Crippen LogP contribution in [0.15, 0.2) is 0 Å². The molecule has 0 aromatic heterocycles. The lowest BCUT2D eigenvalue weighted by Gasteiger charge is -2.33. The van der Waals surface area contributed by atoms with Gasteiger partial charge in [0.25, 0.3) is 0 Å². The Balaban J connectivity index is 1.74. The molecule has 0 saturated heterocycles. The highest BCUT2D eigenvalue weighted by Crippen LogP contribution is 2.37. The van der Waals surface area contributed by atoms with Crippen LogP contribution in [0.5, 0.6) is 0 Å². The van der Waals surface area contributed by atoms with Gasteiger partial charge in [0.15, 0.2) is 0 Å². The van der Waals surface area contributed by atoms with Crippen molar-refractivity contribution in [1.29, 1.82) is 0 Å². The van der Waals surface area contributed by atoms with E-state index in [2.05, 4.69) is 20.3 Å². The Bertz CT molecular complexity index is 174. The third-order valence-corrected chi connectivity index (χ3v) is 5.24. The fraction of sp³-hybridized carbons (Fsp3) is 0.941. The first-order valence-corrected chi connectivity index (χ1v) is 8.03. The van der Waals surface area contributed by atoms with E-state index in [1.165, 1.54) is 64.2 Å². The lowest BCUT2D eigenvalue weighted by molar-refractivity contribution is 0.233. The van der Waals surface area contributed by atoms with Crippen LogP contribution in [0.1, 0.15) is 78.1 Å². The molecule has 0 N–H and O–H groups in total. The van der Waals surface area contributed by atoms with E-state index in [1.54, 1.807) is 0 Å². The molecule has 0 heteroatoms. The molecule has 0 aromatic rings. The van der Waals surface area contributed by atoms with Gasteiger partial charge in [-0.1, -0.05) is 78.1 Å². The molecule has 2 fully saturated rings. The van der Waals surface area contributed by atoms with E-state index in [9.17, 15) is 0 Å². The summed E-state index contributed by atoms with van der Waals surface area (Å²) in [5.74, 6) is 3.39. The van der Waals surface area contributed by atoms with E-state index in [0.717, 1.165) is 23.7 Å². The maximum atomic E-state index is 3.92. The quantitative estimate of drug-likeness (QED) is 0.602. The van der Waals surface area contributed by atoms with E-state index in [-0.39, 0.29) is 0 Å². The van der Waals surface area contributed by atoms with Gasteiger partial charge in [-0.05, 0) is 30.1 Å². The van der Waals surface area contributed by atoms with Crippen LogP contribution in [0.4, 0.5) is 0 Å². The van der Waals surface area contributed by atoms with Crippen molar-refractivity contribution in [3.63, 3.8) is 0 Å². The van der Waals surface area contributed by atoms with Gasteiger partial charge in [-0.15, -0.1) is 0 Å². The van der Waals surface area contributed by atoms with Crippen LogP contribution < -0.4 is 0 Å². The molecule has 2 atom stereocenters. The summed E-state index contributed by atoms with van der Waals surface area (Å²) in [6.07, 6.45) is 18.6. The van der Waals surface area contributed by atoms with Crippen LogP contribution in [0.2, 0.25) is 0 Å². The van der Waals surface area contributed by atoms with E-state index >= 15 is 0 Å². The highest BCUT2D eigenvalue weighted by molar-refractivity contribution is 4.88. The smallest absolute Gasteiger partial charge is 0.0106 e. The third kappa shape index (κ3) is 4.00. The molecule has 0 aliphatic heterocycles. The molecule has 0 nitrogen and oxygen atoms in total. The van der Waals surface area contributed by atoms with Crippen molar-refractivity contribution >= 4 is 0 Å². The first kappa shape index (κ1) is 13.4. The Morgan fingerprint density at radius 1 is 0.647 bits per heavy atom. The molecule has 2 rings (SSSR count). The standard InChI is InChI=1S/C17H30/c1-14(16-9-5-3-6-10-16)13-15(2)17-11-7-4-8-12-17/h14-17H,3-12H2,1-2H3. The van der Waals surface area contributed by atoms with E-state index in [1.807, 2.05) is 0 Å². The van der Waals surface area contributed by atoms with Crippen molar-refractivity contribution in [2.24, 2.45) is 23.7 Å². The third-order valence-electron chi connectivity index (χ3n) is 5.24. The Labute approximate surface area is 109 Å². The van der Waals surface area contributed by atoms with Crippen molar-refractivity contribution in [3.05, 3.63) is 6.42 Å². The minimum Gasteiger partial charge on any atom is -0.0617 e. The van der Waals surface area contributed by atoms with E-state index < -0.39 is 0 Å². The molecule has 0 bridgehead atoms. The summed E-state index contributed by atoms with van der Waals surface area (Å²) in [4.78, 5) is 0. The fourth-order valence-electron chi connectivity index (χ4n) is 3.96. The van der Waals surface area contributed by atoms with Crippen molar-refractivity contribution in [3.8, 4) is 0 Å². The minimum absolute atomic E-state index is 0.743. The van der Waals surface area contributed by atoms with Crippen LogP contribution >= 0.6 is 0 Å². The van der Waals surface area contributed by atoms with Gasteiger partial charge in [-0.25, -0.2) is 0 Å². The molecule has 2 radical (unpaired) electrons. The van der Waals surface area contributed by atoms with Gasteiger partial charge in [-0.2, -0.15) is 0 Å². The fourth-order valence-corrected chi connectivity index (χ4v) is 3.96. The van der Waals surface area contributed by atoms with Crippen molar-refractivity contribution in [2.75, 3.05) is 0 Å². The molecule has 0 spiro atoms. The Kier molecular flexibility index (Phi) is 5.38. The van der Waals surface area contributed by atoms with Gasteiger partial charge in [0.2, 0.25) is 0 Å². The second-order valence-corrected chi connectivity index (χ2v) is 6.54. The molecule has 98 valence electrons. The maximum Gasteiger partial charge on any atom is -0.0106 e. The minimum atomic E-state index is 0.743. The number of hydrogen-bond donors (Lipinski definition) is 0. The second-order valence-electron chi connectivity index (χ2n) is 6.54. The summed E-state index contributed by atoms with van der Waals surface area (Å²) in [5, 5.41) is 0. The van der Waals surface area contributed by atoms with Gasteiger partial charge < -0.3 is 0 Å². The highest BCUT2D eigenvalue weighted by Gasteiger charge is 2.26. The molecular formula is C17H30. The molecule has 2 unspecified atom stereocenters. The van der Waals surface area contributed by atoms with Crippen molar-refractivity contribution in [2.45, 2.75) is 78.1 Å². The summed E-state index contributed by atoms with van der Waals surface area (Å²) in [6, 6.07) is 0. The molecule has 0 amide bonds. The molecule has 0 heterocycles. The first-order chi connectivity index (χ1) is 8.27.